The zero-order valence-electron chi connectivity index (χ0n) is 11.2. The summed E-state index contributed by atoms with van der Waals surface area (Å²) in [5.74, 6) is -0.891. The van der Waals surface area contributed by atoms with Gasteiger partial charge in [-0.25, -0.2) is 4.79 Å². The highest BCUT2D eigenvalue weighted by atomic mass is 16.4. The van der Waals surface area contributed by atoms with Crippen LogP contribution in [0.25, 0.3) is 0 Å². The van der Waals surface area contributed by atoms with E-state index < -0.39 is 5.97 Å². The Balaban J connectivity index is 0. The van der Waals surface area contributed by atoms with Crippen molar-refractivity contribution in [3.05, 3.63) is 35.5 Å². The summed E-state index contributed by atoms with van der Waals surface area (Å²) in [6, 6.07) is 0. The first-order valence-electron chi connectivity index (χ1n) is 5.69. The molecule has 0 aromatic carbocycles. The van der Waals surface area contributed by atoms with Crippen molar-refractivity contribution in [3.8, 4) is 0 Å². The molecule has 0 unspecified atom stereocenters. The van der Waals surface area contributed by atoms with Crippen LogP contribution in [0.1, 0.15) is 40.5 Å². The SMILES string of the molecule is C/C=C/C(=O)O.CC(C)=CCC/C(C)=C/CO. The third kappa shape index (κ3) is 20.7. The maximum Gasteiger partial charge on any atom is 0.327 e. The van der Waals surface area contributed by atoms with Gasteiger partial charge in [0.1, 0.15) is 0 Å². The van der Waals surface area contributed by atoms with Crippen molar-refractivity contribution >= 4 is 5.97 Å². The summed E-state index contributed by atoms with van der Waals surface area (Å²) in [6.07, 6.45) is 8.78. The number of rotatable bonds is 5. The summed E-state index contributed by atoms with van der Waals surface area (Å²) in [4.78, 5) is 9.51. The van der Waals surface area contributed by atoms with Gasteiger partial charge in [0.2, 0.25) is 0 Å². The Morgan fingerprint density at radius 1 is 1.18 bits per heavy atom. The average molecular weight is 240 g/mol. The second-order valence-electron chi connectivity index (χ2n) is 3.89. The van der Waals surface area contributed by atoms with E-state index in [2.05, 4.69) is 26.8 Å². The van der Waals surface area contributed by atoms with E-state index in [1.165, 1.54) is 17.2 Å². The Morgan fingerprint density at radius 2 is 1.76 bits per heavy atom. The average Bonchev–Trinajstić information content (AvgIpc) is 2.18. The summed E-state index contributed by atoms with van der Waals surface area (Å²) >= 11 is 0. The van der Waals surface area contributed by atoms with E-state index in [4.69, 9.17) is 10.2 Å². The van der Waals surface area contributed by atoms with Gasteiger partial charge in [0.05, 0.1) is 6.61 Å². The van der Waals surface area contributed by atoms with E-state index in [-0.39, 0.29) is 6.61 Å². The minimum Gasteiger partial charge on any atom is -0.478 e. The Bertz CT molecular complexity index is 282. The lowest BCUT2D eigenvalue weighted by molar-refractivity contribution is -0.131. The fraction of sp³-hybridized carbons (Fsp3) is 0.500. The van der Waals surface area contributed by atoms with Crippen molar-refractivity contribution in [1.82, 2.24) is 0 Å². The minimum absolute atomic E-state index is 0.167. The van der Waals surface area contributed by atoms with Gasteiger partial charge in [-0.3, -0.25) is 0 Å². The van der Waals surface area contributed by atoms with Gasteiger partial charge in [-0.2, -0.15) is 0 Å². The summed E-state index contributed by atoms with van der Waals surface area (Å²) in [6.45, 7) is 8.08. The molecule has 0 radical (unpaired) electrons. The van der Waals surface area contributed by atoms with Crippen LogP contribution in [0.5, 0.6) is 0 Å². The van der Waals surface area contributed by atoms with Crippen molar-refractivity contribution in [3.63, 3.8) is 0 Å². The number of aliphatic carboxylic acids is 1. The van der Waals surface area contributed by atoms with Crippen LogP contribution in [-0.4, -0.2) is 22.8 Å². The van der Waals surface area contributed by atoms with Crippen molar-refractivity contribution < 1.29 is 15.0 Å². The van der Waals surface area contributed by atoms with Crippen LogP contribution in [0.4, 0.5) is 0 Å². The standard InChI is InChI=1S/C10H18O.C4H6O2/c1-9(2)5-4-6-10(3)7-8-11;1-2-3-4(5)6/h5,7,11H,4,6,8H2,1-3H3;2-3H,1H3,(H,5,6)/b10-7+;3-2+. The molecule has 0 rings (SSSR count). The highest BCUT2D eigenvalue weighted by molar-refractivity contribution is 5.79. The van der Waals surface area contributed by atoms with Crippen molar-refractivity contribution in [2.45, 2.75) is 40.5 Å². The van der Waals surface area contributed by atoms with Gasteiger partial charge in [0.15, 0.2) is 0 Å². The Labute approximate surface area is 104 Å². The van der Waals surface area contributed by atoms with Gasteiger partial charge in [-0.05, 0) is 40.5 Å². The van der Waals surface area contributed by atoms with E-state index in [0.29, 0.717) is 0 Å². The summed E-state index contributed by atoms with van der Waals surface area (Å²) in [7, 11) is 0. The molecule has 0 aliphatic rings. The molecule has 0 aromatic rings. The van der Waals surface area contributed by atoms with Gasteiger partial charge in [0.25, 0.3) is 0 Å². The molecule has 0 amide bonds. The molecule has 0 heterocycles. The third-order valence-electron chi connectivity index (χ3n) is 1.84. The van der Waals surface area contributed by atoms with Crippen LogP contribution in [0, 0.1) is 0 Å². The number of hydrogen-bond donors (Lipinski definition) is 2. The number of aliphatic hydroxyl groups is 1. The van der Waals surface area contributed by atoms with Crippen LogP contribution in [0.3, 0.4) is 0 Å². The monoisotopic (exact) mass is 240 g/mol. The number of aliphatic hydroxyl groups excluding tert-OH is 1. The lowest BCUT2D eigenvalue weighted by Crippen LogP contribution is -1.83. The third-order valence-corrected chi connectivity index (χ3v) is 1.84. The zero-order valence-corrected chi connectivity index (χ0v) is 11.2. The number of hydrogen-bond acceptors (Lipinski definition) is 2. The topological polar surface area (TPSA) is 57.5 Å². The largest absolute Gasteiger partial charge is 0.478 e. The summed E-state index contributed by atoms with van der Waals surface area (Å²) in [5.41, 5.74) is 2.63. The predicted octanol–water partition coefficient (Wildman–Crippen LogP) is 3.32. The minimum atomic E-state index is -0.891. The second-order valence-corrected chi connectivity index (χ2v) is 3.89. The molecule has 0 aliphatic carbocycles. The molecule has 98 valence electrons. The number of carboxylic acid groups (broad SMARTS) is 1. The molecule has 0 bridgehead atoms. The molecule has 0 aromatic heterocycles. The molecule has 2 N–H and O–H groups in total. The number of carbonyl (C=O) groups is 1. The Morgan fingerprint density at radius 3 is 2.06 bits per heavy atom. The van der Waals surface area contributed by atoms with E-state index >= 15 is 0 Å². The quantitative estimate of drug-likeness (QED) is 0.572. The van der Waals surface area contributed by atoms with Crippen molar-refractivity contribution in [2.75, 3.05) is 6.61 Å². The molecule has 3 nitrogen and oxygen atoms in total. The molecule has 17 heavy (non-hydrogen) atoms. The normalized spacial score (nSPS) is 10.8. The fourth-order valence-corrected chi connectivity index (χ4v) is 0.989. The van der Waals surface area contributed by atoms with Crippen molar-refractivity contribution in [2.24, 2.45) is 0 Å². The van der Waals surface area contributed by atoms with E-state index in [9.17, 15) is 4.79 Å². The second kappa shape index (κ2) is 12.7. The molecule has 0 atom stereocenters. The van der Waals surface area contributed by atoms with Gasteiger partial charge in [0, 0.05) is 6.08 Å². The highest BCUT2D eigenvalue weighted by Crippen LogP contribution is 2.05. The first kappa shape index (κ1) is 18.0. The summed E-state index contributed by atoms with van der Waals surface area (Å²) < 4.78 is 0. The van der Waals surface area contributed by atoms with Gasteiger partial charge in [-0.1, -0.05) is 29.4 Å². The highest BCUT2D eigenvalue weighted by Gasteiger charge is 1.86. The van der Waals surface area contributed by atoms with Crippen LogP contribution in [0.15, 0.2) is 35.5 Å². The molecular weight excluding hydrogens is 216 g/mol. The molecule has 0 spiro atoms. The first-order valence-corrected chi connectivity index (χ1v) is 5.69. The Hall–Kier alpha value is -1.35. The summed E-state index contributed by atoms with van der Waals surface area (Å²) in [5, 5.41) is 16.4. The smallest absolute Gasteiger partial charge is 0.327 e. The maximum atomic E-state index is 9.51. The molecular formula is C14H24O3. The predicted molar refractivity (Wildman–Crippen MR) is 72.0 cm³/mol. The molecule has 3 heteroatoms. The number of allylic oxidation sites excluding steroid dienone is 4. The molecule has 0 aliphatic heterocycles. The van der Waals surface area contributed by atoms with Crippen LogP contribution in [-0.2, 0) is 4.79 Å². The van der Waals surface area contributed by atoms with Crippen molar-refractivity contribution in [1.29, 1.82) is 0 Å². The molecule has 0 fully saturated rings. The van der Waals surface area contributed by atoms with Crippen LogP contribution < -0.4 is 0 Å². The Kier molecular flexibility index (Phi) is 13.5. The van der Waals surface area contributed by atoms with Crippen LogP contribution in [0.2, 0.25) is 0 Å². The number of carboxylic acids is 1. The van der Waals surface area contributed by atoms with E-state index in [1.54, 1.807) is 6.92 Å². The van der Waals surface area contributed by atoms with Crippen LogP contribution >= 0.6 is 0 Å². The van der Waals surface area contributed by atoms with E-state index in [1.807, 2.05) is 6.08 Å². The van der Waals surface area contributed by atoms with Gasteiger partial charge in [-0.15, -0.1) is 0 Å². The lowest BCUT2D eigenvalue weighted by Gasteiger charge is -1.96. The van der Waals surface area contributed by atoms with E-state index in [0.717, 1.165) is 18.9 Å². The lowest BCUT2D eigenvalue weighted by atomic mass is 10.1. The molecule has 0 saturated carbocycles. The van der Waals surface area contributed by atoms with Gasteiger partial charge < -0.3 is 10.2 Å². The first-order chi connectivity index (χ1) is 7.93. The molecule has 0 saturated heterocycles. The van der Waals surface area contributed by atoms with Gasteiger partial charge >= 0.3 is 5.97 Å². The maximum absolute atomic E-state index is 9.51. The zero-order chi connectivity index (χ0) is 13.7. The fourth-order valence-electron chi connectivity index (χ4n) is 0.989.